The number of aliphatic imine (C=N–C) groups is 1. The average molecular weight is 488 g/mol. The standard InChI is InChI=1S/C19H25FN4O2.HI/c1-3-21-19(23-12-15-5-4-6-17(20)11-15)24-14-16-7-8-18(22-13-16)26-10-9-25-2;/h4-8,11,13H,3,9-10,12,14H2,1-2H3,(H2,21,23,24);1H. The summed E-state index contributed by atoms with van der Waals surface area (Å²) in [7, 11) is 1.63. The highest BCUT2D eigenvalue weighted by Crippen LogP contribution is 2.08. The van der Waals surface area contributed by atoms with Crippen LogP contribution in [0.25, 0.3) is 0 Å². The van der Waals surface area contributed by atoms with Crippen LogP contribution in [0.5, 0.6) is 5.88 Å². The van der Waals surface area contributed by atoms with E-state index in [-0.39, 0.29) is 29.8 Å². The van der Waals surface area contributed by atoms with Crippen LogP contribution in [0.2, 0.25) is 0 Å². The zero-order valence-electron chi connectivity index (χ0n) is 15.6. The van der Waals surface area contributed by atoms with Gasteiger partial charge in [-0.15, -0.1) is 24.0 Å². The smallest absolute Gasteiger partial charge is 0.213 e. The van der Waals surface area contributed by atoms with Crippen LogP contribution in [0.15, 0.2) is 47.6 Å². The molecule has 2 rings (SSSR count). The largest absolute Gasteiger partial charge is 0.475 e. The van der Waals surface area contributed by atoms with Crippen molar-refractivity contribution in [1.29, 1.82) is 0 Å². The van der Waals surface area contributed by atoms with Crippen molar-refractivity contribution in [3.63, 3.8) is 0 Å². The number of methoxy groups -OCH3 is 1. The van der Waals surface area contributed by atoms with Gasteiger partial charge in [0.25, 0.3) is 0 Å². The molecular formula is C19H26FIN4O2. The third-order valence-corrected chi connectivity index (χ3v) is 3.45. The summed E-state index contributed by atoms with van der Waals surface area (Å²) in [5.74, 6) is 0.980. The van der Waals surface area contributed by atoms with Crippen molar-refractivity contribution in [2.24, 2.45) is 4.99 Å². The Morgan fingerprint density at radius 1 is 1.15 bits per heavy atom. The highest BCUT2D eigenvalue weighted by molar-refractivity contribution is 14.0. The lowest BCUT2D eigenvalue weighted by atomic mass is 10.2. The molecular weight excluding hydrogens is 462 g/mol. The van der Waals surface area contributed by atoms with E-state index in [0.29, 0.717) is 38.1 Å². The van der Waals surface area contributed by atoms with Crippen LogP contribution < -0.4 is 15.4 Å². The fourth-order valence-electron chi connectivity index (χ4n) is 2.16. The molecule has 0 aliphatic rings. The maximum atomic E-state index is 13.2. The van der Waals surface area contributed by atoms with E-state index in [4.69, 9.17) is 9.47 Å². The summed E-state index contributed by atoms with van der Waals surface area (Å²) < 4.78 is 23.6. The molecule has 0 amide bonds. The van der Waals surface area contributed by atoms with Crippen molar-refractivity contribution in [2.75, 3.05) is 26.9 Å². The van der Waals surface area contributed by atoms with Crippen LogP contribution in [0, 0.1) is 5.82 Å². The van der Waals surface area contributed by atoms with Crippen molar-refractivity contribution in [3.05, 3.63) is 59.5 Å². The zero-order valence-corrected chi connectivity index (χ0v) is 17.9. The van der Waals surface area contributed by atoms with E-state index in [1.807, 2.05) is 25.1 Å². The summed E-state index contributed by atoms with van der Waals surface area (Å²) in [6.45, 7) is 4.69. The molecule has 0 spiro atoms. The van der Waals surface area contributed by atoms with Gasteiger partial charge in [0, 0.05) is 32.5 Å². The molecule has 0 bridgehead atoms. The third kappa shape index (κ3) is 9.00. The normalized spacial score (nSPS) is 10.9. The summed E-state index contributed by atoms with van der Waals surface area (Å²) in [6.07, 6.45) is 1.74. The van der Waals surface area contributed by atoms with Crippen molar-refractivity contribution in [3.8, 4) is 5.88 Å². The number of pyridine rings is 1. The lowest BCUT2D eigenvalue weighted by Gasteiger charge is -2.11. The third-order valence-electron chi connectivity index (χ3n) is 3.45. The molecule has 0 saturated carbocycles. The summed E-state index contributed by atoms with van der Waals surface area (Å²) in [6, 6.07) is 10.2. The second-order valence-electron chi connectivity index (χ2n) is 5.52. The molecule has 0 radical (unpaired) electrons. The van der Waals surface area contributed by atoms with Gasteiger partial charge in [0.05, 0.1) is 13.2 Å². The van der Waals surface area contributed by atoms with E-state index in [1.54, 1.807) is 19.4 Å². The molecule has 2 aromatic rings. The van der Waals surface area contributed by atoms with Gasteiger partial charge in [0.1, 0.15) is 12.4 Å². The minimum absolute atomic E-state index is 0. The topological polar surface area (TPSA) is 67.8 Å². The lowest BCUT2D eigenvalue weighted by molar-refractivity contribution is 0.143. The second-order valence-corrected chi connectivity index (χ2v) is 5.52. The molecule has 0 unspecified atom stereocenters. The number of nitrogens with one attached hydrogen (secondary N) is 2. The fraction of sp³-hybridized carbons (Fsp3) is 0.368. The van der Waals surface area contributed by atoms with Gasteiger partial charge in [0.15, 0.2) is 5.96 Å². The molecule has 2 N–H and O–H groups in total. The molecule has 1 heterocycles. The van der Waals surface area contributed by atoms with Crippen LogP contribution in [0.1, 0.15) is 18.1 Å². The van der Waals surface area contributed by atoms with Crippen LogP contribution >= 0.6 is 24.0 Å². The first-order valence-electron chi connectivity index (χ1n) is 8.54. The Bertz CT molecular complexity index is 698. The van der Waals surface area contributed by atoms with Gasteiger partial charge in [-0.3, -0.25) is 0 Å². The fourth-order valence-corrected chi connectivity index (χ4v) is 2.16. The molecule has 27 heavy (non-hydrogen) atoms. The van der Waals surface area contributed by atoms with Crippen LogP contribution in [0.4, 0.5) is 4.39 Å². The van der Waals surface area contributed by atoms with Gasteiger partial charge in [-0.05, 0) is 30.2 Å². The maximum Gasteiger partial charge on any atom is 0.213 e. The van der Waals surface area contributed by atoms with Gasteiger partial charge >= 0.3 is 0 Å². The molecule has 0 fully saturated rings. The number of aromatic nitrogens is 1. The number of rotatable bonds is 9. The van der Waals surface area contributed by atoms with E-state index in [1.165, 1.54) is 12.1 Å². The molecule has 1 aromatic heterocycles. The maximum absolute atomic E-state index is 13.2. The van der Waals surface area contributed by atoms with E-state index in [0.717, 1.165) is 17.7 Å². The van der Waals surface area contributed by atoms with E-state index >= 15 is 0 Å². The summed E-state index contributed by atoms with van der Waals surface area (Å²) in [5.41, 5.74) is 1.82. The minimum atomic E-state index is -0.245. The van der Waals surface area contributed by atoms with Crippen LogP contribution in [-0.4, -0.2) is 37.8 Å². The Morgan fingerprint density at radius 2 is 2.00 bits per heavy atom. The number of guanidine groups is 1. The zero-order chi connectivity index (χ0) is 18.6. The highest BCUT2D eigenvalue weighted by Gasteiger charge is 2.01. The van der Waals surface area contributed by atoms with E-state index in [2.05, 4.69) is 20.6 Å². The molecule has 148 valence electrons. The highest BCUT2D eigenvalue weighted by atomic mass is 127. The molecule has 1 aromatic carbocycles. The van der Waals surface area contributed by atoms with Gasteiger partial charge in [-0.2, -0.15) is 0 Å². The summed E-state index contributed by atoms with van der Waals surface area (Å²) >= 11 is 0. The Balaban J connectivity index is 0.00000364. The van der Waals surface area contributed by atoms with Gasteiger partial charge in [-0.1, -0.05) is 18.2 Å². The number of halogens is 2. The Kier molecular flexibility index (Phi) is 11.3. The predicted octanol–water partition coefficient (Wildman–Crippen LogP) is 3.12. The van der Waals surface area contributed by atoms with Gasteiger partial charge < -0.3 is 20.1 Å². The van der Waals surface area contributed by atoms with Crippen molar-refractivity contribution in [2.45, 2.75) is 20.0 Å². The Hall–Kier alpha value is -1.94. The van der Waals surface area contributed by atoms with Gasteiger partial charge in [0.2, 0.25) is 5.88 Å². The minimum Gasteiger partial charge on any atom is -0.475 e. The van der Waals surface area contributed by atoms with Crippen LogP contribution in [0.3, 0.4) is 0 Å². The van der Waals surface area contributed by atoms with Crippen LogP contribution in [-0.2, 0) is 17.8 Å². The van der Waals surface area contributed by atoms with Gasteiger partial charge in [-0.25, -0.2) is 14.4 Å². The number of benzene rings is 1. The van der Waals surface area contributed by atoms with Crippen molar-refractivity contribution >= 4 is 29.9 Å². The molecule has 0 aliphatic carbocycles. The second kappa shape index (κ2) is 13.3. The lowest BCUT2D eigenvalue weighted by Crippen LogP contribution is -2.36. The molecule has 0 saturated heterocycles. The summed E-state index contributed by atoms with van der Waals surface area (Å²) in [5, 5.41) is 6.36. The number of hydrogen-bond acceptors (Lipinski definition) is 4. The quantitative estimate of drug-likeness (QED) is 0.246. The first-order valence-corrected chi connectivity index (χ1v) is 8.54. The molecule has 8 heteroatoms. The summed E-state index contributed by atoms with van der Waals surface area (Å²) in [4.78, 5) is 8.77. The van der Waals surface area contributed by atoms with Crippen molar-refractivity contribution < 1.29 is 13.9 Å². The first kappa shape index (κ1) is 23.1. The molecule has 0 aliphatic heterocycles. The monoisotopic (exact) mass is 488 g/mol. The van der Waals surface area contributed by atoms with E-state index in [9.17, 15) is 4.39 Å². The average Bonchev–Trinajstić information content (AvgIpc) is 2.65. The Morgan fingerprint density at radius 3 is 2.67 bits per heavy atom. The Labute approximate surface area is 176 Å². The molecule has 0 atom stereocenters. The van der Waals surface area contributed by atoms with E-state index < -0.39 is 0 Å². The predicted molar refractivity (Wildman–Crippen MR) is 115 cm³/mol. The SMILES string of the molecule is CCNC(=NCc1ccc(OCCOC)nc1)NCc1cccc(F)c1.I. The van der Waals surface area contributed by atoms with Crippen molar-refractivity contribution in [1.82, 2.24) is 15.6 Å². The number of hydrogen-bond donors (Lipinski definition) is 2. The number of ether oxygens (including phenoxy) is 2. The first-order chi connectivity index (χ1) is 12.7. The number of nitrogens with zero attached hydrogens (tertiary/aromatic N) is 2. The molecule has 6 nitrogen and oxygen atoms in total.